The van der Waals surface area contributed by atoms with E-state index in [1.807, 2.05) is 5.48 Å². The molecule has 0 amide bonds. The van der Waals surface area contributed by atoms with Crippen molar-refractivity contribution in [2.24, 2.45) is 0 Å². The number of aliphatic hydroxyl groups excluding tert-OH is 1. The highest BCUT2D eigenvalue weighted by molar-refractivity contribution is 4.97. The Morgan fingerprint density at radius 1 is 1.75 bits per heavy atom. The van der Waals surface area contributed by atoms with Crippen LogP contribution in [0.25, 0.3) is 0 Å². The number of nitrogens with one attached hydrogen (secondary N) is 1. The first-order valence-corrected chi connectivity index (χ1v) is 3.79. The van der Waals surface area contributed by atoms with E-state index in [-0.39, 0.29) is 0 Å². The predicted molar refractivity (Wildman–Crippen MR) is 42.5 cm³/mol. The first kappa shape index (κ1) is 9.18. The Hall–Kier alpha value is -0.910. The number of hydrogen-bond donors (Lipinski definition) is 3. The lowest BCUT2D eigenvalue weighted by Crippen LogP contribution is -2.13. The third-order valence-electron chi connectivity index (χ3n) is 1.41. The molecule has 1 atom stereocenters. The van der Waals surface area contributed by atoms with Crippen molar-refractivity contribution in [3.63, 3.8) is 0 Å². The van der Waals surface area contributed by atoms with Crippen LogP contribution in [0.3, 0.4) is 0 Å². The van der Waals surface area contributed by atoms with Crippen molar-refractivity contribution < 1.29 is 10.3 Å². The monoisotopic (exact) mass is 171 g/mol. The Morgan fingerprint density at radius 3 is 3.08 bits per heavy atom. The summed E-state index contributed by atoms with van der Waals surface area (Å²) < 4.78 is 1.64. The Labute approximate surface area is 70.6 Å². The summed E-state index contributed by atoms with van der Waals surface area (Å²) in [4.78, 5) is 0. The Kier molecular flexibility index (Phi) is 3.21. The molecule has 0 saturated heterocycles. The molecule has 3 N–H and O–H groups in total. The van der Waals surface area contributed by atoms with Crippen molar-refractivity contribution in [1.29, 1.82) is 0 Å². The first-order valence-electron chi connectivity index (χ1n) is 3.79. The van der Waals surface area contributed by atoms with E-state index in [0.717, 1.165) is 5.69 Å². The van der Waals surface area contributed by atoms with E-state index in [0.29, 0.717) is 13.1 Å². The molecule has 0 fully saturated rings. The van der Waals surface area contributed by atoms with Gasteiger partial charge in [-0.3, -0.25) is 4.68 Å². The summed E-state index contributed by atoms with van der Waals surface area (Å²) in [7, 11) is 0. The molecule has 0 spiro atoms. The van der Waals surface area contributed by atoms with Gasteiger partial charge in [0.1, 0.15) is 0 Å². The molecule has 0 bridgehead atoms. The average Bonchev–Trinajstić information content (AvgIpc) is 2.36. The number of aromatic nitrogens is 2. The summed E-state index contributed by atoms with van der Waals surface area (Å²) in [5.41, 5.74) is 2.76. The van der Waals surface area contributed by atoms with Gasteiger partial charge in [-0.25, -0.2) is 0 Å². The van der Waals surface area contributed by atoms with Gasteiger partial charge in [0.2, 0.25) is 0 Å². The minimum atomic E-state index is -0.403. The van der Waals surface area contributed by atoms with Crippen LogP contribution >= 0.6 is 0 Å². The second-order valence-corrected chi connectivity index (χ2v) is 2.71. The minimum absolute atomic E-state index is 0.326. The van der Waals surface area contributed by atoms with Gasteiger partial charge in [0.25, 0.3) is 0 Å². The number of aliphatic hydroxyl groups is 1. The van der Waals surface area contributed by atoms with E-state index in [1.54, 1.807) is 23.9 Å². The quantitative estimate of drug-likeness (QED) is 0.546. The lowest BCUT2D eigenvalue weighted by molar-refractivity contribution is 0.157. The van der Waals surface area contributed by atoms with Crippen molar-refractivity contribution in [1.82, 2.24) is 15.3 Å². The van der Waals surface area contributed by atoms with Crippen LogP contribution in [0.1, 0.15) is 12.6 Å². The van der Waals surface area contributed by atoms with Crippen LogP contribution in [0.5, 0.6) is 0 Å². The standard InChI is InChI=1S/C7H13N3O2/c1-6(11)5-10-3-2-7(9-10)4-8-12/h2-3,6,8,11-12H,4-5H2,1H3/t6-/m0/s1. The second-order valence-electron chi connectivity index (χ2n) is 2.71. The summed E-state index contributed by atoms with van der Waals surface area (Å²) in [5, 5.41) is 21.5. The highest BCUT2D eigenvalue weighted by atomic mass is 16.5. The molecule has 0 radical (unpaired) electrons. The highest BCUT2D eigenvalue weighted by Gasteiger charge is 2.00. The molecule has 0 saturated carbocycles. The van der Waals surface area contributed by atoms with E-state index in [2.05, 4.69) is 5.10 Å². The summed E-state index contributed by atoms with van der Waals surface area (Å²) in [5.74, 6) is 0. The summed E-state index contributed by atoms with van der Waals surface area (Å²) >= 11 is 0. The summed E-state index contributed by atoms with van der Waals surface area (Å²) in [6.45, 7) is 2.50. The summed E-state index contributed by atoms with van der Waals surface area (Å²) in [6, 6.07) is 1.78. The zero-order chi connectivity index (χ0) is 8.97. The van der Waals surface area contributed by atoms with E-state index >= 15 is 0 Å². The Balaban J connectivity index is 2.52. The molecule has 0 aliphatic heterocycles. The third-order valence-corrected chi connectivity index (χ3v) is 1.41. The van der Waals surface area contributed by atoms with Crippen LogP contribution in [0, 0.1) is 0 Å². The number of rotatable bonds is 4. The maximum absolute atomic E-state index is 9.02. The molecule has 0 aliphatic rings. The van der Waals surface area contributed by atoms with E-state index in [1.165, 1.54) is 0 Å². The zero-order valence-corrected chi connectivity index (χ0v) is 6.94. The minimum Gasteiger partial charge on any atom is -0.391 e. The van der Waals surface area contributed by atoms with Crippen molar-refractivity contribution in [2.75, 3.05) is 0 Å². The van der Waals surface area contributed by atoms with Crippen LogP contribution in [-0.4, -0.2) is 26.2 Å². The molecule has 1 aromatic heterocycles. The van der Waals surface area contributed by atoms with Gasteiger partial charge in [0.15, 0.2) is 0 Å². The van der Waals surface area contributed by atoms with Gasteiger partial charge in [0, 0.05) is 6.20 Å². The molecule has 0 aliphatic carbocycles. The normalized spacial score (nSPS) is 13.2. The SMILES string of the molecule is C[C@H](O)Cn1ccc(CNO)n1. The van der Waals surface area contributed by atoms with Crippen molar-refractivity contribution >= 4 is 0 Å². The Bertz CT molecular complexity index is 234. The molecule has 0 aromatic carbocycles. The molecule has 5 nitrogen and oxygen atoms in total. The maximum Gasteiger partial charge on any atom is 0.0786 e. The average molecular weight is 171 g/mol. The molecule has 1 rings (SSSR count). The molecule has 1 heterocycles. The number of hydroxylamine groups is 1. The van der Waals surface area contributed by atoms with Crippen LogP contribution in [0.15, 0.2) is 12.3 Å². The molecule has 0 unspecified atom stereocenters. The second kappa shape index (κ2) is 4.20. The van der Waals surface area contributed by atoms with Gasteiger partial charge in [-0.05, 0) is 13.0 Å². The van der Waals surface area contributed by atoms with Crippen molar-refractivity contribution in [3.05, 3.63) is 18.0 Å². The van der Waals surface area contributed by atoms with Crippen LogP contribution in [0.2, 0.25) is 0 Å². The fraction of sp³-hybridized carbons (Fsp3) is 0.571. The van der Waals surface area contributed by atoms with E-state index in [9.17, 15) is 0 Å². The summed E-state index contributed by atoms with van der Waals surface area (Å²) in [6.07, 6.45) is 1.36. The third kappa shape index (κ3) is 2.61. The van der Waals surface area contributed by atoms with Crippen LogP contribution in [-0.2, 0) is 13.1 Å². The zero-order valence-electron chi connectivity index (χ0n) is 6.94. The van der Waals surface area contributed by atoms with Crippen molar-refractivity contribution in [3.8, 4) is 0 Å². The van der Waals surface area contributed by atoms with Gasteiger partial charge in [-0.15, -0.1) is 0 Å². The topological polar surface area (TPSA) is 70.3 Å². The smallest absolute Gasteiger partial charge is 0.0786 e. The molecular formula is C7H13N3O2. The van der Waals surface area contributed by atoms with Crippen LogP contribution in [0.4, 0.5) is 0 Å². The fourth-order valence-electron chi connectivity index (χ4n) is 0.951. The van der Waals surface area contributed by atoms with Gasteiger partial charge in [0.05, 0.1) is 24.9 Å². The number of nitrogens with zero attached hydrogens (tertiary/aromatic N) is 2. The molecule has 5 heteroatoms. The van der Waals surface area contributed by atoms with Gasteiger partial charge < -0.3 is 10.3 Å². The van der Waals surface area contributed by atoms with Gasteiger partial charge in [-0.2, -0.15) is 10.6 Å². The highest BCUT2D eigenvalue weighted by Crippen LogP contribution is 1.96. The molecular weight excluding hydrogens is 158 g/mol. The molecule has 68 valence electrons. The van der Waals surface area contributed by atoms with Crippen LogP contribution < -0.4 is 5.48 Å². The molecule has 1 aromatic rings. The number of hydrogen-bond acceptors (Lipinski definition) is 4. The Morgan fingerprint density at radius 2 is 2.50 bits per heavy atom. The van der Waals surface area contributed by atoms with Gasteiger partial charge in [-0.1, -0.05) is 0 Å². The van der Waals surface area contributed by atoms with Crippen molar-refractivity contribution in [2.45, 2.75) is 26.1 Å². The largest absolute Gasteiger partial charge is 0.391 e. The maximum atomic E-state index is 9.02. The first-order chi connectivity index (χ1) is 5.72. The predicted octanol–water partition coefficient (Wildman–Crippen LogP) is -0.257. The lowest BCUT2D eigenvalue weighted by Gasteiger charge is -2.02. The fourth-order valence-corrected chi connectivity index (χ4v) is 0.951. The van der Waals surface area contributed by atoms with E-state index < -0.39 is 6.10 Å². The van der Waals surface area contributed by atoms with Gasteiger partial charge >= 0.3 is 0 Å². The molecule has 12 heavy (non-hydrogen) atoms. The van der Waals surface area contributed by atoms with E-state index in [4.69, 9.17) is 10.3 Å². The lowest BCUT2D eigenvalue weighted by atomic mass is 10.4.